The number of quaternary nitrogens is 1. The van der Waals surface area contributed by atoms with Gasteiger partial charge in [0.1, 0.15) is 29.7 Å². The van der Waals surface area contributed by atoms with E-state index in [-0.39, 0.29) is 0 Å². The molecule has 4 aromatic rings. The van der Waals surface area contributed by atoms with E-state index in [2.05, 4.69) is 26.6 Å². The smallest absolute Gasteiger partial charge is 0.197 e. The summed E-state index contributed by atoms with van der Waals surface area (Å²) in [4.78, 5) is 10.3. The molecule has 5 rings (SSSR count). The predicted molar refractivity (Wildman–Crippen MR) is 122 cm³/mol. The lowest BCUT2D eigenvalue weighted by molar-refractivity contribution is -0.901. The van der Waals surface area contributed by atoms with E-state index in [9.17, 15) is 0 Å². The van der Waals surface area contributed by atoms with E-state index in [4.69, 9.17) is 9.15 Å². The number of ether oxygens (including phenoxy) is 1. The first-order valence-corrected chi connectivity index (χ1v) is 10.7. The standard InChI is InChI=1S/C24H25N5O2/c1-16(17-9-10-20(30-2)18(13-17)14-29-11-5-6-12-29)27-28-24-23-22(25-15-26-24)19-7-3-4-8-21(19)31-23/h3-4,7-10,13,15H,5-6,11-12,14H2,1-2H3,(H,25,26,28)/p+1/b27-16-. The third-order valence-electron chi connectivity index (χ3n) is 5.94. The first kappa shape index (κ1) is 19.5. The van der Waals surface area contributed by atoms with Gasteiger partial charge < -0.3 is 14.1 Å². The van der Waals surface area contributed by atoms with E-state index in [1.54, 1.807) is 12.0 Å². The number of rotatable bonds is 6. The van der Waals surface area contributed by atoms with Crippen molar-refractivity contribution in [3.05, 3.63) is 59.9 Å². The van der Waals surface area contributed by atoms with Crippen molar-refractivity contribution >= 4 is 33.6 Å². The average Bonchev–Trinajstić information content (AvgIpc) is 3.45. The molecule has 1 aliphatic heterocycles. The number of furan rings is 1. The molecule has 3 heterocycles. The molecule has 2 N–H and O–H groups in total. The number of aromatic nitrogens is 2. The molecule has 1 fully saturated rings. The van der Waals surface area contributed by atoms with Crippen molar-refractivity contribution in [1.29, 1.82) is 0 Å². The van der Waals surface area contributed by atoms with E-state index in [1.807, 2.05) is 43.3 Å². The Bertz CT molecular complexity index is 1260. The first-order chi connectivity index (χ1) is 15.2. The van der Waals surface area contributed by atoms with Gasteiger partial charge in [0.25, 0.3) is 0 Å². The molecule has 7 heteroatoms. The summed E-state index contributed by atoms with van der Waals surface area (Å²) in [5.74, 6) is 1.49. The highest BCUT2D eigenvalue weighted by molar-refractivity contribution is 6.05. The zero-order chi connectivity index (χ0) is 21.2. The summed E-state index contributed by atoms with van der Waals surface area (Å²) in [6.45, 7) is 5.41. The molecule has 0 spiro atoms. The highest BCUT2D eigenvalue weighted by Gasteiger charge is 2.18. The van der Waals surface area contributed by atoms with Crippen LogP contribution in [0.3, 0.4) is 0 Å². The van der Waals surface area contributed by atoms with Crippen LogP contribution in [-0.4, -0.2) is 35.9 Å². The molecule has 0 amide bonds. The van der Waals surface area contributed by atoms with Crippen molar-refractivity contribution < 1.29 is 14.1 Å². The number of methoxy groups -OCH3 is 1. The Kier molecular flexibility index (Phi) is 5.26. The summed E-state index contributed by atoms with van der Waals surface area (Å²) in [5, 5.41) is 5.55. The van der Waals surface area contributed by atoms with Crippen molar-refractivity contribution in [2.24, 2.45) is 5.10 Å². The molecular formula is C24H26N5O2+. The second-order valence-corrected chi connectivity index (χ2v) is 7.97. The Labute approximate surface area is 180 Å². The average molecular weight is 417 g/mol. The lowest BCUT2D eigenvalue weighted by Gasteiger charge is -2.15. The molecule has 0 saturated carbocycles. The van der Waals surface area contributed by atoms with Gasteiger partial charge in [-0.25, -0.2) is 9.97 Å². The second kappa shape index (κ2) is 8.35. The van der Waals surface area contributed by atoms with Gasteiger partial charge in [0, 0.05) is 23.8 Å². The van der Waals surface area contributed by atoms with Crippen LogP contribution in [0.4, 0.5) is 5.82 Å². The van der Waals surface area contributed by atoms with Crippen LogP contribution in [0.5, 0.6) is 5.75 Å². The fraction of sp³-hybridized carbons (Fsp3) is 0.292. The molecule has 7 nitrogen and oxygen atoms in total. The van der Waals surface area contributed by atoms with Crippen molar-refractivity contribution in [2.75, 3.05) is 25.6 Å². The molecule has 1 aliphatic rings. The van der Waals surface area contributed by atoms with E-state index in [0.717, 1.165) is 40.1 Å². The van der Waals surface area contributed by atoms with Crippen LogP contribution < -0.4 is 15.1 Å². The van der Waals surface area contributed by atoms with Gasteiger partial charge >= 0.3 is 0 Å². The zero-order valence-corrected chi connectivity index (χ0v) is 17.8. The summed E-state index contributed by atoms with van der Waals surface area (Å²) in [5.41, 5.74) is 8.37. The third kappa shape index (κ3) is 3.84. The fourth-order valence-electron chi connectivity index (χ4n) is 4.27. The van der Waals surface area contributed by atoms with Crippen molar-refractivity contribution in [3.8, 4) is 5.75 Å². The van der Waals surface area contributed by atoms with Crippen LogP contribution in [-0.2, 0) is 6.54 Å². The minimum Gasteiger partial charge on any atom is -0.496 e. The number of hydrogen-bond acceptors (Lipinski definition) is 6. The van der Waals surface area contributed by atoms with Crippen LogP contribution >= 0.6 is 0 Å². The number of likely N-dealkylation sites (tertiary alicyclic amines) is 1. The van der Waals surface area contributed by atoms with Gasteiger partial charge in [0.2, 0.25) is 0 Å². The van der Waals surface area contributed by atoms with Gasteiger partial charge in [0.15, 0.2) is 11.4 Å². The van der Waals surface area contributed by atoms with E-state index >= 15 is 0 Å². The van der Waals surface area contributed by atoms with Crippen molar-refractivity contribution in [3.63, 3.8) is 0 Å². The second-order valence-electron chi connectivity index (χ2n) is 7.97. The Hall–Kier alpha value is -3.45. The van der Waals surface area contributed by atoms with Gasteiger partial charge in [-0.05, 0) is 42.8 Å². The molecule has 2 aromatic heterocycles. The summed E-state index contributed by atoms with van der Waals surface area (Å²) >= 11 is 0. The van der Waals surface area contributed by atoms with Crippen molar-refractivity contribution in [2.45, 2.75) is 26.3 Å². The number of fused-ring (bicyclic) bond motifs is 3. The van der Waals surface area contributed by atoms with Crippen LogP contribution in [0.15, 0.2) is 58.3 Å². The molecule has 0 radical (unpaired) electrons. The first-order valence-electron chi connectivity index (χ1n) is 10.7. The van der Waals surface area contributed by atoms with E-state index in [1.165, 1.54) is 37.8 Å². The molecule has 0 unspecified atom stereocenters. The van der Waals surface area contributed by atoms with E-state index in [0.29, 0.717) is 11.4 Å². The van der Waals surface area contributed by atoms with Crippen LogP contribution in [0.1, 0.15) is 30.9 Å². The molecule has 31 heavy (non-hydrogen) atoms. The van der Waals surface area contributed by atoms with Gasteiger partial charge in [-0.1, -0.05) is 12.1 Å². The van der Waals surface area contributed by atoms with Crippen LogP contribution in [0.25, 0.3) is 22.1 Å². The van der Waals surface area contributed by atoms with Gasteiger partial charge in [-0.15, -0.1) is 0 Å². The normalized spacial score (nSPS) is 15.1. The number of benzene rings is 2. The Balaban J connectivity index is 1.42. The van der Waals surface area contributed by atoms with Crippen LogP contribution in [0, 0.1) is 0 Å². The third-order valence-corrected chi connectivity index (χ3v) is 5.94. The molecule has 158 valence electrons. The molecule has 0 bridgehead atoms. The lowest BCUT2D eigenvalue weighted by atomic mass is 10.1. The molecule has 0 aliphatic carbocycles. The minimum atomic E-state index is 0.552. The topological polar surface area (TPSA) is 77.0 Å². The number of nitrogens with zero attached hydrogens (tertiary/aromatic N) is 3. The largest absolute Gasteiger partial charge is 0.496 e. The van der Waals surface area contributed by atoms with Crippen molar-refractivity contribution in [1.82, 2.24) is 9.97 Å². The zero-order valence-electron chi connectivity index (χ0n) is 17.8. The summed E-state index contributed by atoms with van der Waals surface area (Å²) < 4.78 is 11.6. The van der Waals surface area contributed by atoms with E-state index < -0.39 is 0 Å². The fourth-order valence-corrected chi connectivity index (χ4v) is 4.27. The van der Waals surface area contributed by atoms with Crippen LogP contribution in [0.2, 0.25) is 0 Å². The van der Waals surface area contributed by atoms with Gasteiger partial charge in [0.05, 0.1) is 25.9 Å². The predicted octanol–water partition coefficient (Wildman–Crippen LogP) is 3.40. The Morgan fingerprint density at radius 1 is 1.16 bits per heavy atom. The number of anilines is 1. The molecular weight excluding hydrogens is 390 g/mol. The number of hydrazone groups is 1. The Morgan fingerprint density at radius 2 is 2.00 bits per heavy atom. The van der Waals surface area contributed by atoms with Gasteiger partial charge in [-0.2, -0.15) is 5.10 Å². The summed E-state index contributed by atoms with van der Waals surface area (Å²) in [6, 6.07) is 14.1. The molecule has 0 atom stereocenters. The molecule has 2 aromatic carbocycles. The highest BCUT2D eigenvalue weighted by atomic mass is 16.5. The minimum absolute atomic E-state index is 0.552. The lowest BCUT2D eigenvalue weighted by Crippen LogP contribution is -3.08. The Morgan fingerprint density at radius 3 is 2.84 bits per heavy atom. The maximum absolute atomic E-state index is 5.97. The summed E-state index contributed by atoms with van der Waals surface area (Å²) in [6.07, 6.45) is 4.13. The highest BCUT2D eigenvalue weighted by Crippen LogP contribution is 2.30. The number of hydrogen-bond donors (Lipinski definition) is 2. The van der Waals surface area contributed by atoms with Gasteiger partial charge in [-0.3, -0.25) is 5.43 Å². The maximum atomic E-state index is 5.97. The maximum Gasteiger partial charge on any atom is 0.197 e. The monoisotopic (exact) mass is 416 g/mol. The summed E-state index contributed by atoms with van der Waals surface area (Å²) in [7, 11) is 1.73. The SMILES string of the molecule is COc1ccc(/C(C)=N\Nc2ncnc3c2oc2ccccc23)cc1C[NH+]1CCCC1. The molecule has 1 saturated heterocycles. The number of nitrogens with one attached hydrogen (secondary N) is 2. The number of para-hydroxylation sites is 1. The quantitative estimate of drug-likeness (QED) is 0.372.